The Bertz CT molecular complexity index is 135. The van der Waals surface area contributed by atoms with E-state index in [-0.39, 0.29) is 35.9 Å². The Hall–Kier alpha value is -0.0917. The topological polar surface area (TPSA) is 0 Å². The molecule has 0 aliphatic rings. The molecule has 0 radical (unpaired) electrons. The van der Waals surface area contributed by atoms with Crippen LogP contribution in [0.25, 0.3) is 0 Å². The van der Waals surface area contributed by atoms with Crippen LogP contribution in [0, 0.1) is 21.8 Å². The van der Waals surface area contributed by atoms with Gasteiger partial charge in [-0.1, -0.05) is 35.9 Å². The first-order valence-electron chi connectivity index (χ1n) is 2.41. The van der Waals surface area contributed by atoms with E-state index in [1.165, 1.54) is 5.56 Å². The third-order valence-corrected chi connectivity index (χ3v) is 0.940. The molecule has 0 amide bonds. The second-order valence-electron chi connectivity index (χ2n) is 1.65. The molecular weight excluding hydrogens is 292 g/mol. The van der Waals surface area contributed by atoms with E-state index in [9.17, 15) is 0 Å². The molecule has 0 N–H and O–H groups in total. The van der Waals surface area contributed by atoms with Gasteiger partial charge in [0.1, 0.15) is 0 Å². The van der Waals surface area contributed by atoms with E-state index >= 15 is 0 Å². The number of benzene rings is 1. The summed E-state index contributed by atoms with van der Waals surface area (Å²) in [5.74, 6) is 0. The summed E-state index contributed by atoms with van der Waals surface area (Å²) >= 11 is 0. The molecule has 0 saturated heterocycles. The maximum absolute atomic E-state index is 2.08. The predicted molar refractivity (Wildman–Crippen MR) is 44.0 cm³/mol. The molecule has 0 fully saturated rings. The van der Waals surface area contributed by atoms with Gasteiger partial charge in [0, 0.05) is 0 Å². The van der Waals surface area contributed by atoms with Crippen molar-refractivity contribution in [2.45, 2.75) is 6.92 Å². The molecule has 56 valence electrons. The summed E-state index contributed by atoms with van der Waals surface area (Å²) < 4.78 is 0. The van der Waals surface area contributed by atoms with Crippen molar-refractivity contribution in [3.8, 4) is 0 Å². The van der Waals surface area contributed by atoms with E-state index in [1.54, 1.807) is 0 Å². The minimum atomic E-state index is 0. The van der Waals surface area contributed by atoms with Crippen molar-refractivity contribution in [1.29, 1.82) is 0 Å². The fourth-order valence-electron chi connectivity index (χ4n) is 0.534. The summed E-state index contributed by atoms with van der Waals surface area (Å²) in [6.45, 7) is 2.08. The average molecular weight is 306 g/mol. The Kier molecular flexibility index (Phi) is 14.7. The molecule has 0 aliphatic carbocycles. The number of hydrogen-bond acceptors (Lipinski definition) is 0. The summed E-state index contributed by atoms with van der Waals surface area (Å²) in [5, 5.41) is 0. The Morgan fingerprint density at radius 1 is 0.900 bits per heavy atom. The molecule has 1 rings (SSSR count). The fraction of sp³-hybridized carbons (Fsp3) is 0.111. The Labute approximate surface area is 78.9 Å². The maximum atomic E-state index is 2.08. The molecule has 10 heavy (non-hydrogen) atoms. The SMILES string of the molecule is Cc1ccccc1.[CH3-].[CH3-].[W+2]. The summed E-state index contributed by atoms with van der Waals surface area (Å²) in [4.78, 5) is 0. The van der Waals surface area contributed by atoms with Crippen LogP contribution in [-0.4, -0.2) is 0 Å². The first-order valence-corrected chi connectivity index (χ1v) is 2.41. The summed E-state index contributed by atoms with van der Waals surface area (Å²) in [6, 6.07) is 10.3. The van der Waals surface area contributed by atoms with E-state index < -0.39 is 0 Å². The van der Waals surface area contributed by atoms with Crippen LogP contribution >= 0.6 is 0 Å². The first-order chi connectivity index (χ1) is 3.39. The Balaban J connectivity index is -0.000000163. The van der Waals surface area contributed by atoms with Crippen LogP contribution in [0.15, 0.2) is 30.3 Å². The fourth-order valence-corrected chi connectivity index (χ4v) is 0.534. The molecule has 0 bridgehead atoms. The number of aryl methyl sites for hydroxylation is 1. The molecule has 0 aromatic heterocycles. The van der Waals surface area contributed by atoms with Crippen LogP contribution in [0.1, 0.15) is 5.56 Å². The Morgan fingerprint density at radius 2 is 1.30 bits per heavy atom. The van der Waals surface area contributed by atoms with Gasteiger partial charge in [-0.15, -0.1) is 0 Å². The minimum Gasteiger partial charge on any atom is -0.358 e. The molecule has 0 saturated carbocycles. The molecule has 0 atom stereocenters. The molecule has 1 aromatic rings. The Morgan fingerprint density at radius 3 is 1.50 bits per heavy atom. The third-order valence-electron chi connectivity index (χ3n) is 0.940. The number of rotatable bonds is 0. The van der Waals surface area contributed by atoms with Crippen molar-refractivity contribution < 1.29 is 21.1 Å². The zero-order valence-electron chi connectivity index (χ0n) is 6.79. The van der Waals surface area contributed by atoms with E-state index in [1.807, 2.05) is 18.2 Å². The van der Waals surface area contributed by atoms with Crippen molar-refractivity contribution >= 4 is 0 Å². The van der Waals surface area contributed by atoms with Gasteiger partial charge in [-0.3, -0.25) is 0 Å². The van der Waals surface area contributed by atoms with Gasteiger partial charge in [-0.05, 0) is 6.92 Å². The molecular formula is C9H14W. The van der Waals surface area contributed by atoms with Gasteiger partial charge in [0.05, 0.1) is 0 Å². The molecule has 1 heteroatoms. The van der Waals surface area contributed by atoms with E-state index in [0.717, 1.165) is 0 Å². The standard InChI is InChI=1S/C7H8.2CH3.W/c1-7-5-3-2-4-6-7;;;/h2-6H,1H3;2*1H3;/q;2*-1;+2. The smallest absolute Gasteiger partial charge is 0.358 e. The largest absolute Gasteiger partial charge is 2.00 e. The van der Waals surface area contributed by atoms with Gasteiger partial charge in [0.25, 0.3) is 0 Å². The molecule has 0 spiro atoms. The van der Waals surface area contributed by atoms with Gasteiger partial charge in [-0.2, -0.15) is 0 Å². The molecule has 0 aliphatic heterocycles. The van der Waals surface area contributed by atoms with Crippen LogP contribution in [-0.2, 0) is 21.1 Å². The van der Waals surface area contributed by atoms with Gasteiger partial charge in [-0.25, -0.2) is 0 Å². The van der Waals surface area contributed by atoms with Gasteiger partial charge in [0.2, 0.25) is 0 Å². The van der Waals surface area contributed by atoms with Crippen molar-refractivity contribution in [3.63, 3.8) is 0 Å². The van der Waals surface area contributed by atoms with Gasteiger partial charge < -0.3 is 14.9 Å². The van der Waals surface area contributed by atoms with Crippen molar-refractivity contribution in [2.75, 3.05) is 0 Å². The van der Waals surface area contributed by atoms with E-state index in [4.69, 9.17) is 0 Å². The minimum absolute atomic E-state index is 0. The molecule has 0 nitrogen and oxygen atoms in total. The van der Waals surface area contributed by atoms with Gasteiger partial charge in [0.15, 0.2) is 0 Å². The van der Waals surface area contributed by atoms with Crippen molar-refractivity contribution in [2.24, 2.45) is 0 Å². The van der Waals surface area contributed by atoms with Crippen LogP contribution in [0.3, 0.4) is 0 Å². The molecule has 1 aromatic carbocycles. The second kappa shape index (κ2) is 8.91. The first kappa shape index (κ1) is 16.5. The number of hydrogen-bond donors (Lipinski definition) is 0. The van der Waals surface area contributed by atoms with Crippen molar-refractivity contribution in [3.05, 3.63) is 50.7 Å². The normalized spacial score (nSPS) is 6.10. The summed E-state index contributed by atoms with van der Waals surface area (Å²) in [7, 11) is 0. The average Bonchev–Trinajstić information content (AvgIpc) is 1.69. The van der Waals surface area contributed by atoms with Crippen LogP contribution in [0.4, 0.5) is 0 Å². The maximum Gasteiger partial charge on any atom is 2.00 e. The molecule has 0 heterocycles. The monoisotopic (exact) mass is 306 g/mol. The second-order valence-corrected chi connectivity index (χ2v) is 1.65. The molecule has 0 unspecified atom stereocenters. The predicted octanol–water partition coefficient (Wildman–Crippen LogP) is 2.89. The van der Waals surface area contributed by atoms with Crippen LogP contribution < -0.4 is 0 Å². The summed E-state index contributed by atoms with van der Waals surface area (Å²) in [6.07, 6.45) is 0. The third kappa shape index (κ3) is 6.03. The van der Waals surface area contributed by atoms with Crippen LogP contribution in [0.2, 0.25) is 0 Å². The summed E-state index contributed by atoms with van der Waals surface area (Å²) in [5.41, 5.74) is 1.32. The van der Waals surface area contributed by atoms with Gasteiger partial charge >= 0.3 is 21.1 Å². The van der Waals surface area contributed by atoms with E-state index in [2.05, 4.69) is 19.1 Å². The van der Waals surface area contributed by atoms with Crippen LogP contribution in [0.5, 0.6) is 0 Å². The van der Waals surface area contributed by atoms with Crippen molar-refractivity contribution in [1.82, 2.24) is 0 Å². The zero-order chi connectivity index (χ0) is 5.11. The quantitative estimate of drug-likeness (QED) is 0.647. The zero-order valence-corrected chi connectivity index (χ0v) is 9.73. The van der Waals surface area contributed by atoms with E-state index in [0.29, 0.717) is 0 Å².